The smallest absolute Gasteiger partial charge is 0.341 e. The van der Waals surface area contributed by atoms with Gasteiger partial charge in [0.2, 0.25) is 0 Å². The Bertz CT molecular complexity index is 1020. The number of anilines is 1. The Morgan fingerprint density at radius 2 is 1.64 bits per heavy atom. The molecule has 0 aliphatic carbocycles. The minimum absolute atomic E-state index is 0. The second kappa shape index (κ2) is 9.10. The van der Waals surface area contributed by atoms with Crippen LogP contribution in [0.2, 0.25) is 0 Å². The summed E-state index contributed by atoms with van der Waals surface area (Å²) < 4.78 is 9.93. The van der Waals surface area contributed by atoms with Crippen molar-refractivity contribution in [2.75, 3.05) is 20.0 Å². The Morgan fingerprint density at radius 1 is 0.964 bits per heavy atom. The van der Waals surface area contributed by atoms with E-state index in [2.05, 4.69) is 5.32 Å². The number of nitrogens with two attached hydrogens (primary N) is 1. The van der Waals surface area contributed by atoms with Gasteiger partial charge >= 0.3 is 5.97 Å². The van der Waals surface area contributed by atoms with Gasteiger partial charge in [0, 0.05) is 12.2 Å². The van der Waals surface area contributed by atoms with Crippen LogP contribution in [0.3, 0.4) is 0 Å². The van der Waals surface area contributed by atoms with Crippen molar-refractivity contribution in [3.05, 3.63) is 71.3 Å². The van der Waals surface area contributed by atoms with E-state index in [0.29, 0.717) is 22.6 Å². The molecule has 3 aromatic carbocycles. The molecule has 0 aliphatic heterocycles. The van der Waals surface area contributed by atoms with Crippen molar-refractivity contribution in [1.29, 1.82) is 0 Å². The lowest BCUT2D eigenvalue weighted by Crippen LogP contribution is -2.24. The summed E-state index contributed by atoms with van der Waals surface area (Å²) in [6.07, 6.45) is 0. The Morgan fingerprint density at radius 3 is 2.29 bits per heavy atom. The number of ether oxygens (including phenoxy) is 2. The van der Waals surface area contributed by atoms with Gasteiger partial charge in [-0.2, -0.15) is 0 Å². The standard InChI is InChI=1S/C21H20N2O4.ClH/c1-26-19-8-7-13(9-17(19)21(25)27-2)12-23-20(24)16-10-14-5-3-4-6-15(14)11-18(16)22;/h3-11H,12,22H2,1-2H3,(H,23,24);1H. The molecular weight excluding hydrogens is 380 g/mol. The Labute approximate surface area is 169 Å². The number of carbonyl (C=O) groups is 2. The molecule has 1 amide bonds. The van der Waals surface area contributed by atoms with Crippen LogP contribution in [0.25, 0.3) is 10.8 Å². The number of amides is 1. The maximum atomic E-state index is 12.6. The number of halogens is 1. The van der Waals surface area contributed by atoms with Crippen molar-refractivity contribution in [2.24, 2.45) is 0 Å². The summed E-state index contributed by atoms with van der Waals surface area (Å²) in [4.78, 5) is 24.4. The molecule has 0 radical (unpaired) electrons. The fraction of sp³-hybridized carbons (Fsp3) is 0.143. The van der Waals surface area contributed by atoms with Crippen LogP contribution in [-0.2, 0) is 11.3 Å². The van der Waals surface area contributed by atoms with E-state index in [0.717, 1.165) is 16.3 Å². The number of rotatable bonds is 5. The van der Waals surface area contributed by atoms with Crippen LogP contribution in [0, 0.1) is 0 Å². The zero-order valence-corrected chi connectivity index (χ0v) is 16.3. The molecular formula is C21H21ClN2O4. The molecule has 0 unspecified atom stereocenters. The van der Waals surface area contributed by atoms with E-state index in [1.807, 2.05) is 24.3 Å². The van der Waals surface area contributed by atoms with Crippen LogP contribution in [-0.4, -0.2) is 26.1 Å². The molecule has 28 heavy (non-hydrogen) atoms. The average molecular weight is 401 g/mol. The van der Waals surface area contributed by atoms with Crippen LogP contribution < -0.4 is 15.8 Å². The van der Waals surface area contributed by atoms with Crippen LogP contribution in [0.5, 0.6) is 5.75 Å². The molecule has 3 rings (SSSR count). The summed E-state index contributed by atoms with van der Waals surface area (Å²) in [5.74, 6) is -0.372. The predicted molar refractivity (Wildman–Crippen MR) is 111 cm³/mol. The minimum Gasteiger partial charge on any atom is -0.496 e. The van der Waals surface area contributed by atoms with E-state index < -0.39 is 5.97 Å². The SMILES string of the molecule is COC(=O)c1cc(CNC(=O)c2cc3ccccc3cc2N)ccc1OC.Cl. The van der Waals surface area contributed by atoms with Crippen molar-refractivity contribution in [2.45, 2.75) is 6.54 Å². The molecule has 3 N–H and O–H groups in total. The minimum atomic E-state index is -0.501. The quantitative estimate of drug-likeness (QED) is 0.504. The number of methoxy groups -OCH3 is 2. The van der Waals surface area contributed by atoms with Crippen LogP contribution in [0.1, 0.15) is 26.3 Å². The van der Waals surface area contributed by atoms with Crippen molar-refractivity contribution in [1.82, 2.24) is 5.32 Å². The van der Waals surface area contributed by atoms with E-state index in [1.54, 1.807) is 30.3 Å². The topological polar surface area (TPSA) is 90.7 Å². The van der Waals surface area contributed by atoms with E-state index >= 15 is 0 Å². The summed E-state index contributed by atoms with van der Waals surface area (Å²) in [6, 6.07) is 16.3. The van der Waals surface area contributed by atoms with Gasteiger partial charge in [-0.1, -0.05) is 30.3 Å². The van der Waals surface area contributed by atoms with Crippen molar-refractivity contribution in [3.8, 4) is 5.75 Å². The number of hydrogen-bond acceptors (Lipinski definition) is 5. The zero-order valence-electron chi connectivity index (χ0n) is 15.5. The third-order valence-corrected chi connectivity index (χ3v) is 4.28. The highest BCUT2D eigenvalue weighted by molar-refractivity contribution is 6.04. The van der Waals surface area contributed by atoms with Gasteiger partial charge in [0.15, 0.2) is 0 Å². The van der Waals surface area contributed by atoms with Crippen molar-refractivity contribution < 1.29 is 19.1 Å². The maximum Gasteiger partial charge on any atom is 0.341 e. The molecule has 6 nitrogen and oxygen atoms in total. The lowest BCUT2D eigenvalue weighted by molar-refractivity contribution is 0.0597. The summed E-state index contributed by atoms with van der Waals surface area (Å²) in [5.41, 5.74) is 7.91. The summed E-state index contributed by atoms with van der Waals surface area (Å²) in [5, 5.41) is 4.75. The number of benzene rings is 3. The summed E-state index contributed by atoms with van der Waals surface area (Å²) >= 11 is 0. The highest BCUT2D eigenvalue weighted by Crippen LogP contribution is 2.23. The Balaban J connectivity index is 0.00000280. The molecule has 0 atom stereocenters. The fourth-order valence-corrected chi connectivity index (χ4v) is 2.87. The van der Waals surface area contributed by atoms with E-state index in [4.69, 9.17) is 15.2 Å². The summed E-state index contributed by atoms with van der Waals surface area (Å²) in [7, 11) is 2.78. The normalized spacial score (nSPS) is 10.1. The largest absolute Gasteiger partial charge is 0.496 e. The van der Waals surface area contributed by atoms with Gasteiger partial charge in [-0.05, 0) is 40.6 Å². The van der Waals surface area contributed by atoms with Crippen LogP contribution in [0.4, 0.5) is 5.69 Å². The Hall–Kier alpha value is -3.25. The van der Waals surface area contributed by atoms with Crippen LogP contribution >= 0.6 is 12.4 Å². The first kappa shape index (κ1) is 21.1. The van der Waals surface area contributed by atoms with Gasteiger partial charge in [0.05, 0.1) is 19.8 Å². The lowest BCUT2D eigenvalue weighted by Gasteiger charge is -2.11. The van der Waals surface area contributed by atoms with Gasteiger partial charge in [0.25, 0.3) is 5.91 Å². The number of nitrogen functional groups attached to an aromatic ring is 1. The predicted octanol–water partition coefficient (Wildman–Crippen LogP) is 3.57. The molecule has 0 aliphatic rings. The first-order chi connectivity index (χ1) is 13.0. The van der Waals surface area contributed by atoms with Gasteiger partial charge in [-0.15, -0.1) is 12.4 Å². The van der Waals surface area contributed by atoms with Crippen molar-refractivity contribution in [3.63, 3.8) is 0 Å². The second-order valence-corrected chi connectivity index (χ2v) is 6.00. The molecule has 0 saturated carbocycles. The first-order valence-corrected chi connectivity index (χ1v) is 8.35. The molecule has 3 aromatic rings. The highest BCUT2D eigenvalue weighted by atomic mass is 35.5. The molecule has 0 spiro atoms. The van der Waals surface area contributed by atoms with Gasteiger partial charge in [0.1, 0.15) is 11.3 Å². The lowest BCUT2D eigenvalue weighted by atomic mass is 10.0. The number of fused-ring (bicyclic) bond motifs is 1. The van der Waals surface area contributed by atoms with E-state index in [9.17, 15) is 9.59 Å². The first-order valence-electron chi connectivity index (χ1n) is 8.35. The number of carbonyl (C=O) groups excluding carboxylic acids is 2. The number of esters is 1. The molecule has 0 saturated heterocycles. The summed E-state index contributed by atoms with van der Waals surface area (Å²) in [6.45, 7) is 0.235. The maximum absolute atomic E-state index is 12.6. The molecule has 7 heteroatoms. The van der Waals surface area contributed by atoms with Gasteiger partial charge in [-0.25, -0.2) is 4.79 Å². The molecule has 146 valence electrons. The number of hydrogen-bond donors (Lipinski definition) is 2. The monoisotopic (exact) mass is 400 g/mol. The Kier molecular flexibility index (Phi) is 6.84. The highest BCUT2D eigenvalue weighted by Gasteiger charge is 2.15. The van der Waals surface area contributed by atoms with Gasteiger partial charge < -0.3 is 20.5 Å². The molecule has 0 aromatic heterocycles. The third-order valence-electron chi connectivity index (χ3n) is 4.28. The molecule has 0 bridgehead atoms. The average Bonchev–Trinajstić information content (AvgIpc) is 2.70. The van der Waals surface area contributed by atoms with Gasteiger partial charge in [-0.3, -0.25) is 4.79 Å². The van der Waals surface area contributed by atoms with E-state index in [-0.39, 0.29) is 24.9 Å². The van der Waals surface area contributed by atoms with Crippen LogP contribution in [0.15, 0.2) is 54.6 Å². The fourth-order valence-electron chi connectivity index (χ4n) is 2.87. The zero-order chi connectivity index (χ0) is 19.4. The third kappa shape index (κ3) is 4.35. The van der Waals surface area contributed by atoms with Crippen molar-refractivity contribution >= 4 is 40.7 Å². The molecule has 0 heterocycles. The number of nitrogens with one attached hydrogen (secondary N) is 1. The van der Waals surface area contributed by atoms with E-state index in [1.165, 1.54) is 14.2 Å². The molecule has 0 fully saturated rings. The second-order valence-electron chi connectivity index (χ2n) is 6.00.